The molecule has 0 fully saturated rings. The van der Waals surface area contributed by atoms with Gasteiger partial charge in [-0.2, -0.15) is 0 Å². The zero-order chi connectivity index (χ0) is 14.1. The van der Waals surface area contributed by atoms with Crippen LogP contribution in [0.25, 0.3) is 0 Å². The molecule has 0 saturated heterocycles. The molecule has 7 heteroatoms. The topological polar surface area (TPSA) is 78.9 Å². The summed E-state index contributed by atoms with van der Waals surface area (Å²) in [5.41, 5.74) is 0. The summed E-state index contributed by atoms with van der Waals surface area (Å²) in [5, 5.41) is 9.08. The van der Waals surface area contributed by atoms with Crippen LogP contribution in [0.5, 0.6) is 0 Å². The Kier molecular flexibility index (Phi) is 7.17. The molecule has 0 spiro atoms. The number of carbonyl (C=O) groups is 1. The van der Waals surface area contributed by atoms with Gasteiger partial charge in [-0.05, 0) is 29.3 Å². The van der Waals surface area contributed by atoms with Crippen LogP contribution in [-0.4, -0.2) is 35.5 Å². The molecule has 0 saturated carbocycles. The summed E-state index contributed by atoms with van der Waals surface area (Å²) in [7, 11) is 0. The molecule has 0 radical (unpaired) electrons. The number of carbonyl (C=O) groups excluding carboxylic acids is 1. The second-order valence-electron chi connectivity index (χ2n) is 3.94. The number of aromatic nitrogens is 2. The van der Waals surface area contributed by atoms with Gasteiger partial charge in [0.2, 0.25) is 5.91 Å². The zero-order valence-corrected chi connectivity index (χ0v) is 12.9. The second-order valence-corrected chi connectivity index (χ2v) is 4.73. The van der Waals surface area contributed by atoms with Crippen LogP contribution in [0.3, 0.4) is 0 Å². The molecule has 0 aliphatic carbocycles. The van der Waals surface area contributed by atoms with Crippen LogP contribution in [0.4, 0.5) is 11.6 Å². The summed E-state index contributed by atoms with van der Waals surface area (Å²) in [6.07, 6.45) is 2.86. The molecule has 0 aliphatic rings. The summed E-state index contributed by atoms with van der Waals surface area (Å²) >= 11 is 3.44. The fourth-order valence-corrected chi connectivity index (χ4v) is 1.92. The molecule has 0 unspecified atom stereocenters. The van der Waals surface area contributed by atoms with Crippen LogP contribution in [0, 0.1) is 0 Å². The van der Waals surface area contributed by atoms with Gasteiger partial charge in [-0.15, -0.1) is 0 Å². The SMILES string of the molecule is CCCNC(=O)CCNc1ncnc(NCC)c1Br. The van der Waals surface area contributed by atoms with Crippen molar-refractivity contribution in [2.45, 2.75) is 26.7 Å². The van der Waals surface area contributed by atoms with Crippen LogP contribution in [-0.2, 0) is 4.79 Å². The maximum Gasteiger partial charge on any atom is 0.221 e. The highest BCUT2D eigenvalue weighted by atomic mass is 79.9. The standard InChI is InChI=1S/C12H20BrN5O/c1-3-6-15-9(19)5-7-16-12-10(13)11(14-4-2)17-8-18-12/h8H,3-7H2,1-2H3,(H,15,19)(H2,14,16,17,18). The minimum atomic E-state index is 0.0476. The molecule has 106 valence electrons. The van der Waals surface area contributed by atoms with Crippen LogP contribution in [0.15, 0.2) is 10.8 Å². The van der Waals surface area contributed by atoms with Crippen LogP contribution < -0.4 is 16.0 Å². The van der Waals surface area contributed by atoms with Gasteiger partial charge < -0.3 is 16.0 Å². The minimum Gasteiger partial charge on any atom is -0.369 e. The van der Waals surface area contributed by atoms with Crippen molar-refractivity contribution in [1.29, 1.82) is 0 Å². The first-order valence-electron chi connectivity index (χ1n) is 6.44. The van der Waals surface area contributed by atoms with Crippen LogP contribution in [0.2, 0.25) is 0 Å². The maximum absolute atomic E-state index is 11.4. The molecule has 0 aliphatic heterocycles. The van der Waals surface area contributed by atoms with Crippen molar-refractivity contribution in [1.82, 2.24) is 15.3 Å². The molecule has 19 heavy (non-hydrogen) atoms. The highest BCUT2D eigenvalue weighted by Crippen LogP contribution is 2.26. The fourth-order valence-electron chi connectivity index (χ4n) is 1.43. The van der Waals surface area contributed by atoms with Gasteiger partial charge in [0.25, 0.3) is 0 Å². The van der Waals surface area contributed by atoms with E-state index >= 15 is 0 Å². The number of halogens is 1. The molecule has 3 N–H and O–H groups in total. The molecule has 1 aromatic rings. The first-order valence-corrected chi connectivity index (χ1v) is 7.23. The Labute approximate surface area is 121 Å². The van der Waals surface area contributed by atoms with E-state index in [0.29, 0.717) is 18.8 Å². The second kappa shape index (κ2) is 8.68. The lowest BCUT2D eigenvalue weighted by molar-refractivity contribution is -0.120. The van der Waals surface area contributed by atoms with E-state index in [1.807, 2.05) is 13.8 Å². The van der Waals surface area contributed by atoms with Crippen molar-refractivity contribution in [3.8, 4) is 0 Å². The first-order chi connectivity index (χ1) is 9.19. The quantitative estimate of drug-likeness (QED) is 0.679. The Morgan fingerprint density at radius 1 is 1.21 bits per heavy atom. The van der Waals surface area contributed by atoms with Crippen LogP contribution in [0.1, 0.15) is 26.7 Å². The van der Waals surface area contributed by atoms with Crippen molar-refractivity contribution >= 4 is 33.5 Å². The van der Waals surface area contributed by atoms with E-state index in [-0.39, 0.29) is 5.91 Å². The third-order valence-electron chi connectivity index (χ3n) is 2.35. The van der Waals surface area contributed by atoms with Crippen molar-refractivity contribution in [3.05, 3.63) is 10.8 Å². The Morgan fingerprint density at radius 2 is 1.89 bits per heavy atom. The van der Waals surface area contributed by atoms with E-state index in [0.717, 1.165) is 29.8 Å². The van der Waals surface area contributed by atoms with Crippen molar-refractivity contribution in [2.24, 2.45) is 0 Å². The molecule has 0 bridgehead atoms. The highest BCUT2D eigenvalue weighted by molar-refractivity contribution is 9.10. The third-order valence-corrected chi connectivity index (χ3v) is 3.10. The largest absolute Gasteiger partial charge is 0.369 e. The number of anilines is 2. The molecular weight excluding hydrogens is 310 g/mol. The molecule has 1 rings (SSSR count). The van der Waals surface area contributed by atoms with E-state index in [4.69, 9.17) is 0 Å². The van der Waals surface area contributed by atoms with E-state index in [2.05, 4.69) is 41.8 Å². The third kappa shape index (κ3) is 5.42. The minimum absolute atomic E-state index is 0.0476. The first kappa shape index (κ1) is 15.7. The number of nitrogens with zero attached hydrogens (tertiary/aromatic N) is 2. The number of rotatable bonds is 8. The lowest BCUT2D eigenvalue weighted by atomic mass is 10.3. The van der Waals surface area contributed by atoms with Gasteiger partial charge in [0.05, 0.1) is 0 Å². The van der Waals surface area contributed by atoms with Gasteiger partial charge in [-0.3, -0.25) is 4.79 Å². The lowest BCUT2D eigenvalue weighted by Crippen LogP contribution is -2.26. The number of hydrogen-bond donors (Lipinski definition) is 3. The van der Waals surface area contributed by atoms with Gasteiger partial charge in [0.15, 0.2) is 0 Å². The fraction of sp³-hybridized carbons (Fsp3) is 0.583. The Balaban J connectivity index is 2.45. The summed E-state index contributed by atoms with van der Waals surface area (Å²) < 4.78 is 0.783. The normalized spacial score (nSPS) is 10.1. The number of nitrogens with one attached hydrogen (secondary N) is 3. The van der Waals surface area contributed by atoms with E-state index in [1.165, 1.54) is 6.33 Å². The van der Waals surface area contributed by atoms with Crippen molar-refractivity contribution in [2.75, 3.05) is 30.3 Å². The van der Waals surface area contributed by atoms with E-state index in [9.17, 15) is 4.79 Å². The Morgan fingerprint density at radius 3 is 2.53 bits per heavy atom. The number of hydrogen-bond acceptors (Lipinski definition) is 5. The van der Waals surface area contributed by atoms with E-state index in [1.54, 1.807) is 0 Å². The summed E-state index contributed by atoms with van der Waals surface area (Å²) in [4.78, 5) is 19.7. The lowest BCUT2D eigenvalue weighted by Gasteiger charge is -2.10. The van der Waals surface area contributed by atoms with Crippen molar-refractivity contribution in [3.63, 3.8) is 0 Å². The molecule has 1 amide bonds. The summed E-state index contributed by atoms with van der Waals surface area (Å²) in [6, 6.07) is 0. The highest BCUT2D eigenvalue weighted by Gasteiger charge is 2.08. The monoisotopic (exact) mass is 329 g/mol. The van der Waals surface area contributed by atoms with Gasteiger partial charge in [0, 0.05) is 26.1 Å². The summed E-state index contributed by atoms with van der Waals surface area (Å²) in [6.45, 7) is 6.07. The molecular formula is C12H20BrN5O. The van der Waals surface area contributed by atoms with Crippen LogP contribution >= 0.6 is 15.9 Å². The van der Waals surface area contributed by atoms with Gasteiger partial charge in [-0.25, -0.2) is 9.97 Å². The average molecular weight is 330 g/mol. The van der Waals surface area contributed by atoms with Crippen molar-refractivity contribution < 1.29 is 4.79 Å². The molecule has 0 aromatic carbocycles. The molecule has 0 atom stereocenters. The predicted molar refractivity (Wildman–Crippen MR) is 80.3 cm³/mol. The van der Waals surface area contributed by atoms with E-state index < -0.39 is 0 Å². The summed E-state index contributed by atoms with van der Waals surface area (Å²) in [5.74, 6) is 1.48. The Bertz CT molecular complexity index is 413. The molecule has 1 heterocycles. The van der Waals surface area contributed by atoms with Gasteiger partial charge in [0.1, 0.15) is 22.4 Å². The average Bonchev–Trinajstić information content (AvgIpc) is 2.41. The maximum atomic E-state index is 11.4. The zero-order valence-electron chi connectivity index (χ0n) is 11.3. The Hall–Kier alpha value is -1.37. The van der Waals surface area contributed by atoms with Gasteiger partial charge >= 0.3 is 0 Å². The predicted octanol–water partition coefficient (Wildman–Crippen LogP) is 2.00. The molecule has 6 nitrogen and oxygen atoms in total. The van der Waals surface area contributed by atoms with Gasteiger partial charge in [-0.1, -0.05) is 6.92 Å². The smallest absolute Gasteiger partial charge is 0.221 e. The number of amides is 1. The molecule has 1 aromatic heterocycles.